The number of piperazine rings is 1. The number of nitrogens with zero attached hydrogens (tertiary/aromatic N) is 2. The molecule has 1 heterocycles. The Kier molecular flexibility index (Phi) is 7.33. The number of hydrogen-bond acceptors (Lipinski definition) is 5. The zero-order valence-corrected chi connectivity index (χ0v) is 15.5. The summed E-state index contributed by atoms with van der Waals surface area (Å²) < 4.78 is 11.2. The maximum absolute atomic E-state index is 11.7. The number of halogens is 1. The Balaban J connectivity index is 1.80. The Labute approximate surface area is 146 Å². The fraction of sp³-hybridized carbons (Fsp3) is 0.588. The van der Waals surface area contributed by atoms with Crippen LogP contribution >= 0.6 is 15.9 Å². The van der Waals surface area contributed by atoms with Crippen LogP contribution in [0, 0.1) is 0 Å². The number of ether oxygens (including phenoxy) is 2. The summed E-state index contributed by atoms with van der Waals surface area (Å²) in [5.74, 6) is 1.33. The van der Waals surface area contributed by atoms with E-state index in [-0.39, 0.29) is 5.78 Å². The van der Waals surface area contributed by atoms with E-state index in [1.165, 1.54) is 0 Å². The Morgan fingerprint density at radius 1 is 1.22 bits per heavy atom. The number of carbonyl (C=O) groups excluding carboxylic acids is 1. The maximum atomic E-state index is 11.7. The fourth-order valence-corrected chi connectivity index (χ4v) is 2.90. The smallest absolute Gasteiger partial charge is 0.173 e. The van der Waals surface area contributed by atoms with Crippen LogP contribution in [0.15, 0.2) is 18.2 Å². The van der Waals surface area contributed by atoms with Crippen LogP contribution in [0.3, 0.4) is 0 Å². The summed E-state index contributed by atoms with van der Waals surface area (Å²) in [7, 11) is 3.76. The number of Topliss-reactive ketones (excluding diaryl/α,β-unsaturated/α-hetero) is 1. The molecule has 0 aliphatic carbocycles. The highest BCUT2D eigenvalue weighted by Gasteiger charge is 2.13. The van der Waals surface area contributed by atoms with Gasteiger partial charge in [-0.25, -0.2) is 0 Å². The fourth-order valence-electron chi connectivity index (χ4n) is 2.58. The first-order chi connectivity index (χ1) is 11.1. The molecule has 23 heavy (non-hydrogen) atoms. The van der Waals surface area contributed by atoms with Crippen molar-refractivity contribution >= 4 is 21.7 Å². The number of benzene rings is 1. The van der Waals surface area contributed by atoms with Crippen LogP contribution in [-0.2, 0) is 0 Å². The quantitative estimate of drug-likeness (QED) is 0.390. The molecule has 0 atom stereocenters. The zero-order chi connectivity index (χ0) is 16.7. The molecule has 1 aliphatic rings. The zero-order valence-electron chi connectivity index (χ0n) is 13.9. The predicted octanol–water partition coefficient (Wildman–Crippen LogP) is 2.29. The average molecular weight is 385 g/mol. The lowest BCUT2D eigenvalue weighted by molar-refractivity contribution is 0.102. The Morgan fingerprint density at radius 3 is 2.61 bits per heavy atom. The van der Waals surface area contributed by atoms with E-state index < -0.39 is 0 Å². The Hall–Kier alpha value is -1.11. The van der Waals surface area contributed by atoms with E-state index in [1.54, 1.807) is 19.2 Å². The number of rotatable bonds is 8. The van der Waals surface area contributed by atoms with Crippen molar-refractivity contribution in [2.24, 2.45) is 0 Å². The summed E-state index contributed by atoms with van der Waals surface area (Å²) in [5.41, 5.74) is 0.628. The normalized spacial score (nSPS) is 16.3. The van der Waals surface area contributed by atoms with Gasteiger partial charge in [0.2, 0.25) is 0 Å². The molecule has 128 valence electrons. The van der Waals surface area contributed by atoms with Crippen LogP contribution in [0.4, 0.5) is 0 Å². The van der Waals surface area contributed by atoms with Gasteiger partial charge in [0.05, 0.1) is 19.0 Å². The molecule has 0 radical (unpaired) electrons. The minimum Gasteiger partial charge on any atom is -0.493 e. The maximum Gasteiger partial charge on any atom is 0.173 e. The second kappa shape index (κ2) is 9.25. The van der Waals surface area contributed by atoms with Gasteiger partial charge in [-0.1, -0.05) is 15.9 Å². The third-order valence-electron chi connectivity index (χ3n) is 4.08. The lowest BCUT2D eigenvalue weighted by Crippen LogP contribution is -2.44. The molecule has 0 unspecified atom stereocenters. The summed E-state index contributed by atoms with van der Waals surface area (Å²) >= 11 is 3.18. The lowest BCUT2D eigenvalue weighted by atomic mass is 10.1. The van der Waals surface area contributed by atoms with Crippen LogP contribution in [-0.4, -0.2) is 74.4 Å². The summed E-state index contributed by atoms with van der Waals surface area (Å²) in [6.07, 6.45) is 0.981. The largest absolute Gasteiger partial charge is 0.493 e. The first kappa shape index (κ1) is 18.2. The van der Waals surface area contributed by atoms with Gasteiger partial charge < -0.3 is 19.3 Å². The second-order valence-corrected chi connectivity index (χ2v) is 6.33. The third-order valence-corrected chi connectivity index (χ3v) is 4.59. The van der Waals surface area contributed by atoms with Crippen molar-refractivity contribution in [3.8, 4) is 11.5 Å². The van der Waals surface area contributed by atoms with Gasteiger partial charge in [-0.05, 0) is 31.7 Å². The van der Waals surface area contributed by atoms with Crippen molar-refractivity contribution in [3.63, 3.8) is 0 Å². The molecule has 0 bridgehead atoms. The first-order valence-electron chi connectivity index (χ1n) is 7.95. The van der Waals surface area contributed by atoms with Gasteiger partial charge in [0.1, 0.15) is 0 Å². The summed E-state index contributed by atoms with van der Waals surface area (Å²) in [6.45, 7) is 6.23. The van der Waals surface area contributed by atoms with Gasteiger partial charge in [-0.15, -0.1) is 0 Å². The minimum atomic E-state index is 0.0323. The number of carbonyl (C=O) groups is 1. The first-order valence-corrected chi connectivity index (χ1v) is 9.07. The van der Waals surface area contributed by atoms with E-state index in [0.717, 1.165) is 39.1 Å². The van der Waals surface area contributed by atoms with Crippen LogP contribution in [0.25, 0.3) is 0 Å². The molecular weight excluding hydrogens is 360 g/mol. The topological polar surface area (TPSA) is 42.0 Å². The number of methoxy groups -OCH3 is 1. The van der Waals surface area contributed by atoms with Crippen LogP contribution < -0.4 is 9.47 Å². The highest BCUT2D eigenvalue weighted by atomic mass is 79.9. The highest BCUT2D eigenvalue weighted by molar-refractivity contribution is 9.09. The highest BCUT2D eigenvalue weighted by Crippen LogP contribution is 2.28. The van der Waals surface area contributed by atoms with E-state index in [4.69, 9.17) is 9.47 Å². The SMILES string of the molecule is COc1cc(C(=O)CBr)ccc1OCCCN1CCN(C)CC1. The van der Waals surface area contributed by atoms with Gasteiger partial charge in [0.15, 0.2) is 17.3 Å². The van der Waals surface area contributed by atoms with Gasteiger partial charge in [0.25, 0.3) is 0 Å². The third kappa shape index (κ3) is 5.48. The molecule has 0 spiro atoms. The van der Waals surface area contributed by atoms with E-state index >= 15 is 0 Å². The summed E-state index contributed by atoms with van der Waals surface area (Å²) in [4.78, 5) is 16.5. The van der Waals surface area contributed by atoms with Crippen molar-refractivity contribution in [2.45, 2.75) is 6.42 Å². The van der Waals surface area contributed by atoms with Crippen LogP contribution in [0.2, 0.25) is 0 Å². The summed E-state index contributed by atoms with van der Waals surface area (Å²) in [6, 6.07) is 5.33. The molecule has 2 rings (SSSR count). The molecule has 0 saturated carbocycles. The Morgan fingerprint density at radius 2 is 1.96 bits per heavy atom. The molecule has 5 nitrogen and oxygen atoms in total. The second-order valence-electron chi connectivity index (χ2n) is 5.77. The molecule has 1 aromatic carbocycles. The van der Waals surface area contributed by atoms with E-state index in [1.807, 2.05) is 6.07 Å². The van der Waals surface area contributed by atoms with Gasteiger partial charge in [-0.3, -0.25) is 4.79 Å². The molecular formula is C17H25BrN2O3. The molecule has 1 aliphatic heterocycles. The van der Waals surface area contributed by atoms with Crippen molar-refractivity contribution in [3.05, 3.63) is 23.8 Å². The minimum absolute atomic E-state index is 0.0323. The van der Waals surface area contributed by atoms with Gasteiger partial charge >= 0.3 is 0 Å². The number of likely N-dealkylation sites (N-methyl/N-ethyl adjacent to an activating group) is 1. The van der Waals surface area contributed by atoms with Gasteiger partial charge in [-0.2, -0.15) is 0 Å². The van der Waals surface area contributed by atoms with Crippen molar-refractivity contribution in [2.75, 3.05) is 58.8 Å². The Bertz CT molecular complexity index is 517. The molecule has 0 amide bonds. The summed E-state index contributed by atoms with van der Waals surface area (Å²) in [5, 5.41) is 0.307. The van der Waals surface area contributed by atoms with Crippen LogP contribution in [0.1, 0.15) is 16.8 Å². The van der Waals surface area contributed by atoms with Crippen molar-refractivity contribution in [1.82, 2.24) is 9.80 Å². The lowest BCUT2D eigenvalue weighted by Gasteiger charge is -2.32. The standard InChI is InChI=1S/C17H25BrN2O3/c1-19-7-9-20(10-8-19)6-3-11-23-16-5-4-14(15(21)13-18)12-17(16)22-2/h4-5,12H,3,6-11,13H2,1-2H3. The van der Waals surface area contributed by atoms with Crippen molar-refractivity contribution < 1.29 is 14.3 Å². The molecule has 1 saturated heterocycles. The number of alkyl halides is 1. The van der Waals surface area contributed by atoms with E-state index in [2.05, 4.69) is 32.8 Å². The average Bonchev–Trinajstić information content (AvgIpc) is 2.59. The van der Waals surface area contributed by atoms with E-state index in [9.17, 15) is 4.79 Å². The van der Waals surface area contributed by atoms with Crippen LogP contribution in [0.5, 0.6) is 11.5 Å². The molecule has 6 heteroatoms. The number of hydrogen-bond donors (Lipinski definition) is 0. The predicted molar refractivity (Wildman–Crippen MR) is 95.2 cm³/mol. The monoisotopic (exact) mass is 384 g/mol. The van der Waals surface area contributed by atoms with E-state index in [0.29, 0.717) is 29.0 Å². The molecule has 0 aromatic heterocycles. The van der Waals surface area contributed by atoms with Gasteiger partial charge in [0, 0.05) is 38.3 Å². The molecule has 1 aromatic rings. The number of ketones is 1. The molecule has 0 N–H and O–H groups in total. The van der Waals surface area contributed by atoms with Crippen molar-refractivity contribution in [1.29, 1.82) is 0 Å². The molecule has 1 fully saturated rings.